The van der Waals surface area contributed by atoms with Crippen LogP contribution in [0.4, 0.5) is 0 Å². The molecule has 0 bridgehead atoms. The first kappa shape index (κ1) is 18.8. The molecule has 0 radical (unpaired) electrons. The fourth-order valence-corrected chi connectivity index (χ4v) is 4.86. The third-order valence-electron chi connectivity index (χ3n) is 6.72. The first-order valence-electron chi connectivity index (χ1n) is 10.8. The Bertz CT molecular complexity index is 844. The molecule has 2 N–H and O–H groups in total. The van der Waals surface area contributed by atoms with E-state index in [1.165, 1.54) is 19.3 Å². The molecule has 3 amide bonds. The van der Waals surface area contributed by atoms with E-state index >= 15 is 0 Å². The lowest BCUT2D eigenvalue weighted by Crippen LogP contribution is -2.52. The van der Waals surface area contributed by atoms with Crippen LogP contribution in [0.3, 0.4) is 0 Å². The van der Waals surface area contributed by atoms with Crippen LogP contribution in [0.5, 0.6) is 0 Å². The normalized spacial score (nSPS) is 26.9. The van der Waals surface area contributed by atoms with Crippen molar-refractivity contribution in [3.8, 4) is 0 Å². The van der Waals surface area contributed by atoms with E-state index in [2.05, 4.69) is 21.6 Å². The van der Waals surface area contributed by atoms with E-state index < -0.39 is 6.04 Å². The van der Waals surface area contributed by atoms with E-state index in [1.807, 2.05) is 12.1 Å². The molecule has 7 nitrogen and oxygen atoms in total. The molecule has 7 heteroatoms. The molecule has 154 valence electrons. The summed E-state index contributed by atoms with van der Waals surface area (Å²) in [6.07, 6.45) is 4.54. The highest BCUT2D eigenvalue weighted by Crippen LogP contribution is 2.32. The highest BCUT2D eigenvalue weighted by atomic mass is 16.2. The predicted molar refractivity (Wildman–Crippen MR) is 107 cm³/mol. The average Bonchev–Trinajstić information content (AvgIpc) is 3.23. The molecule has 1 saturated carbocycles. The monoisotopic (exact) mass is 396 g/mol. The van der Waals surface area contributed by atoms with Gasteiger partial charge in [0.05, 0.1) is 0 Å². The number of nitrogens with one attached hydrogen (secondary N) is 2. The van der Waals surface area contributed by atoms with E-state index in [0.29, 0.717) is 24.6 Å². The van der Waals surface area contributed by atoms with Gasteiger partial charge < -0.3 is 10.2 Å². The second kappa shape index (κ2) is 7.54. The zero-order valence-corrected chi connectivity index (χ0v) is 16.7. The average molecular weight is 396 g/mol. The van der Waals surface area contributed by atoms with Crippen molar-refractivity contribution in [3.63, 3.8) is 0 Å². The molecule has 3 fully saturated rings. The van der Waals surface area contributed by atoms with Crippen LogP contribution < -0.4 is 10.6 Å². The second-order valence-electron chi connectivity index (χ2n) is 8.91. The molecule has 1 aromatic rings. The molecule has 2 saturated heterocycles. The van der Waals surface area contributed by atoms with Crippen molar-refractivity contribution in [2.75, 3.05) is 19.6 Å². The maximum Gasteiger partial charge on any atom is 0.255 e. The Labute approximate surface area is 170 Å². The van der Waals surface area contributed by atoms with Gasteiger partial charge in [0.1, 0.15) is 6.04 Å². The highest BCUT2D eigenvalue weighted by molar-refractivity contribution is 6.05. The summed E-state index contributed by atoms with van der Waals surface area (Å²) in [7, 11) is 0. The lowest BCUT2D eigenvalue weighted by atomic mass is 10.0. The van der Waals surface area contributed by atoms with Gasteiger partial charge in [-0.1, -0.05) is 12.1 Å². The fourth-order valence-electron chi connectivity index (χ4n) is 4.86. The number of hydrogen-bond donors (Lipinski definition) is 2. The minimum atomic E-state index is -0.549. The Balaban J connectivity index is 1.31. The number of fused-ring (bicyclic) bond motifs is 1. The SMILES string of the molecule is O=C1CCC(N2Cc3ccc(CN(CC4CC4)[C@H]4CCNC4)cc3C2=O)C(=O)N1. The Morgan fingerprint density at radius 1 is 1.10 bits per heavy atom. The van der Waals surface area contributed by atoms with Gasteiger partial charge in [-0.05, 0) is 55.3 Å². The van der Waals surface area contributed by atoms with Crippen molar-refractivity contribution in [1.29, 1.82) is 0 Å². The minimum absolute atomic E-state index is 0.0902. The van der Waals surface area contributed by atoms with Crippen molar-refractivity contribution in [2.24, 2.45) is 5.92 Å². The van der Waals surface area contributed by atoms with Crippen LogP contribution in [0.1, 0.15) is 53.6 Å². The van der Waals surface area contributed by atoms with Gasteiger partial charge >= 0.3 is 0 Å². The minimum Gasteiger partial charge on any atom is -0.322 e. The number of carbonyl (C=O) groups excluding carboxylic acids is 3. The first-order chi connectivity index (χ1) is 14.1. The third-order valence-corrected chi connectivity index (χ3v) is 6.72. The van der Waals surface area contributed by atoms with E-state index in [9.17, 15) is 14.4 Å². The van der Waals surface area contributed by atoms with E-state index in [-0.39, 0.29) is 24.1 Å². The number of benzene rings is 1. The predicted octanol–water partition coefficient (Wildman–Crippen LogP) is 1.02. The number of hydrogen-bond acceptors (Lipinski definition) is 5. The van der Waals surface area contributed by atoms with Crippen LogP contribution in [-0.4, -0.2) is 59.2 Å². The van der Waals surface area contributed by atoms with Gasteiger partial charge in [0.15, 0.2) is 0 Å². The molecule has 2 atom stereocenters. The van der Waals surface area contributed by atoms with Crippen LogP contribution in [0.2, 0.25) is 0 Å². The summed E-state index contributed by atoms with van der Waals surface area (Å²) in [6.45, 7) is 4.57. The topological polar surface area (TPSA) is 81.8 Å². The Hall–Kier alpha value is -2.25. The molecule has 3 heterocycles. The quantitative estimate of drug-likeness (QED) is 0.702. The summed E-state index contributed by atoms with van der Waals surface area (Å²) >= 11 is 0. The van der Waals surface area contributed by atoms with Crippen LogP contribution in [0, 0.1) is 5.92 Å². The van der Waals surface area contributed by atoms with Crippen LogP contribution in [0.15, 0.2) is 18.2 Å². The van der Waals surface area contributed by atoms with Crippen molar-refractivity contribution in [3.05, 3.63) is 34.9 Å². The summed E-state index contributed by atoms with van der Waals surface area (Å²) in [5.74, 6) is 0.129. The number of nitrogens with zero attached hydrogens (tertiary/aromatic N) is 2. The van der Waals surface area contributed by atoms with Gasteiger partial charge in [-0.2, -0.15) is 0 Å². The molecule has 1 aromatic carbocycles. The molecule has 3 aliphatic heterocycles. The standard InChI is InChI=1S/C22H28N4O3/c27-20-6-5-19(21(28)24-20)26-13-16-4-3-15(9-18(16)22(26)29)12-25(11-14-1-2-14)17-7-8-23-10-17/h3-4,9,14,17,19,23H,1-2,5-8,10-13H2,(H,24,27,28)/t17-,19?/m0/s1. The molecule has 1 unspecified atom stereocenters. The Morgan fingerprint density at radius 2 is 1.97 bits per heavy atom. The third kappa shape index (κ3) is 3.81. The molecule has 29 heavy (non-hydrogen) atoms. The first-order valence-corrected chi connectivity index (χ1v) is 10.8. The van der Waals surface area contributed by atoms with Gasteiger partial charge in [-0.25, -0.2) is 0 Å². The number of amides is 3. The highest BCUT2D eigenvalue weighted by Gasteiger charge is 2.39. The largest absolute Gasteiger partial charge is 0.322 e. The molecular formula is C22H28N4O3. The number of piperidine rings is 1. The van der Waals surface area contributed by atoms with E-state index in [4.69, 9.17) is 0 Å². The number of carbonyl (C=O) groups is 3. The van der Waals surface area contributed by atoms with Crippen LogP contribution in [-0.2, 0) is 22.7 Å². The summed E-state index contributed by atoms with van der Waals surface area (Å²) in [5, 5.41) is 5.83. The zero-order chi connectivity index (χ0) is 20.0. The van der Waals surface area contributed by atoms with Crippen LogP contribution >= 0.6 is 0 Å². The number of imide groups is 1. The molecule has 5 rings (SSSR count). The smallest absolute Gasteiger partial charge is 0.255 e. The lowest BCUT2D eigenvalue weighted by Gasteiger charge is -2.29. The van der Waals surface area contributed by atoms with Crippen molar-refractivity contribution >= 4 is 17.7 Å². The van der Waals surface area contributed by atoms with Crippen molar-refractivity contribution in [2.45, 2.75) is 57.3 Å². The summed E-state index contributed by atoms with van der Waals surface area (Å²) < 4.78 is 0. The summed E-state index contributed by atoms with van der Waals surface area (Å²) in [5.41, 5.74) is 2.85. The van der Waals surface area contributed by atoms with Crippen LogP contribution in [0.25, 0.3) is 0 Å². The maximum absolute atomic E-state index is 13.0. The Kier molecular flexibility index (Phi) is 4.87. The zero-order valence-electron chi connectivity index (χ0n) is 16.7. The van der Waals surface area contributed by atoms with Gasteiger partial charge in [0.2, 0.25) is 11.8 Å². The summed E-state index contributed by atoms with van der Waals surface area (Å²) in [6, 6.07) is 6.21. The Morgan fingerprint density at radius 3 is 2.69 bits per heavy atom. The molecule has 0 aromatic heterocycles. The number of rotatable bonds is 6. The van der Waals surface area contributed by atoms with Gasteiger partial charge in [-0.3, -0.25) is 24.6 Å². The van der Waals surface area contributed by atoms with Gasteiger partial charge in [0, 0.05) is 44.2 Å². The van der Waals surface area contributed by atoms with Crippen molar-refractivity contribution in [1.82, 2.24) is 20.4 Å². The second-order valence-corrected chi connectivity index (χ2v) is 8.91. The van der Waals surface area contributed by atoms with E-state index in [1.54, 1.807) is 4.90 Å². The summed E-state index contributed by atoms with van der Waals surface area (Å²) in [4.78, 5) is 40.9. The molecule has 4 aliphatic rings. The maximum atomic E-state index is 13.0. The lowest BCUT2D eigenvalue weighted by molar-refractivity contribution is -0.136. The fraction of sp³-hybridized carbons (Fsp3) is 0.591. The van der Waals surface area contributed by atoms with Crippen molar-refractivity contribution < 1.29 is 14.4 Å². The van der Waals surface area contributed by atoms with E-state index in [0.717, 1.165) is 43.2 Å². The molecule has 1 aliphatic carbocycles. The van der Waals surface area contributed by atoms with Gasteiger partial charge in [0.25, 0.3) is 5.91 Å². The molecular weight excluding hydrogens is 368 g/mol. The molecule has 0 spiro atoms. The van der Waals surface area contributed by atoms with Gasteiger partial charge in [-0.15, -0.1) is 0 Å².